The summed E-state index contributed by atoms with van der Waals surface area (Å²) in [5.41, 5.74) is 3.84. The second-order valence-electron chi connectivity index (χ2n) is 6.82. The zero-order valence-corrected chi connectivity index (χ0v) is 17.1. The number of carbonyl (C=O) groups excluding carboxylic acids is 1. The van der Waals surface area contributed by atoms with Crippen LogP contribution in [0.4, 0.5) is 11.4 Å². The van der Waals surface area contributed by atoms with Gasteiger partial charge >= 0.3 is 5.97 Å². The van der Waals surface area contributed by atoms with Gasteiger partial charge in [0.05, 0.1) is 28.1 Å². The van der Waals surface area contributed by atoms with Gasteiger partial charge in [-0.05, 0) is 29.3 Å². The van der Waals surface area contributed by atoms with E-state index in [-0.39, 0.29) is 0 Å². The predicted molar refractivity (Wildman–Crippen MR) is 121 cm³/mol. The van der Waals surface area contributed by atoms with Gasteiger partial charge in [-0.15, -0.1) is 11.3 Å². The summed E-state index contributed by atoms with van der Waals surface area (Å²) in [4.78, 5) is 28.0. The quantitative estimate of drug-likeness (QED) is 0.352. The third kappa shape index (κ3) is 4.55. The Hall–Kier alpha value is -3.75. The third-order valence-electron chi connectivity index (χ3n) is 4.73. The molecule has 0 saturated heterocycles. The molecule has 1 atom stereocenters. The highest BCUT2D eigenvalue weighted by molar-refractivity contribution is 7.20. The van der Waals surface area contributed by atoms with Crippen molar-refractivity contribution in [3.63, 3.8) is 0 Å². The van der Waals surface area contributed by atoms with E-state index >= 15 is 0 Å². The van der Waals surface area contributed by atoms with Crippen LogP contribution in [-0.4, -0.2) is 39.7 Å². The van der Waals surface area contributed by atoms with E-state index < -0.39 is 24.5 Å². The molecular weight excluding hydrogens is 414 g/mol. The smallest absolute Gasteiger partial charge is 0.328 e. The van der Waals surface area contributed by atoms with Crippen molar-refractivity contribution in [3.05, 3.63) is 77.9 Å². The van der Waals surface area contributed by atoms with E-state index in [0.717, 1.165) is 32.6 Å². The number of rotatable bonds is 7. The first-order valence-electron chi connectivity index (χ1n) is 9.50. The van der Waals surface area contributed by atoms with Gasteiger partial charge in [0.15, 0.2) is 6.04 Å². The molecule has 0 aliphatic rings. The summed E-state index contributed by atoms with van der Waals surface area (Å²) in [6.07, 6.45) is 3.33. The summed E-state index contributed by atoms with van der Waals surface area (Å²) in [5, 5.41) is 24.6. The average Bonchev–Trinajstić information content (AvgIpc) is 3.24. The molecule has 0 fully saturated rings. The number of thiophene rings is 1. The number of carboxylic acids is 1. The van der Waals surface area contributed by atoms with Crippen LogP contribution in [0.1, 0.15) is 9.67 Å². The van der Waals surface area contributed by atoms with E-state index in [4.69, 9.17) is 10.2 Å². The van der Waals surface area contributed by atoms with Crippen molar-refractivity contribution >= 4 is 44.7 Å². The molecule has 4 N–H and O–H groups in total. The summed E-state index contributed by atoms with van der Waals surface area (Å²) in [6.45, 7) is -0.681. The van der Waals surface area contributed by atoms with Crippen LogP contribution >= 0.6 is 11.3 Å². The fraction of sp³-hybridized carbons (Fsp3) is 0.0870. The molecule has 0 radical (unpaired) electrons. The molecule has 8 heteroatoms. The summed E-state index contributed by atoms with van der Waals surface area (Å²) in [5.74, 6) is -1.85. The second-order valence-corrected chi connectivity index (χ2v) is 7.91. The number of nitrogens with zero attached hydrogens (tertiary/aromatic N) is 1. The Kier molecular flexibility index (Phi) is 5.92. The van der Waals surface area contributed by atoms with Gasteiger partial charge in [-0.2, -0.15) is 0 Å². The Bertz CT molecular complexity index is 1220. The Labute approximate surface area is 182 Å². The minimum absolute atomic E-state index is 0.338. The summed E-state index contributed by atoms with van der Waals surface area (Å²) < 4.78 is 0.784. The number of anilines is 2. The number of amides is 1. The first-order chi connectivity index (χ1) is 15.0. The highest BCUT2D eigenvalue weighted by Crippen LogP contribution is 2.32. The molecule has 4 aromatic rings. The molecule has 0 saturated carbocycles. The molecule has 2 aromatic heterocycles. The minimum Gasteiger partial charge on any atom is -0.480 e. The van der Waals surface area contributed by atoms with Crippen LogP contribution in [0.3, 0.4) is 0 Å². The fourth-order valence-corrected chi connectivity index (χ4v) is 4.08. The summed E-state index contributed by atoms with van der Waals surface area (Å²) in [7, 11) is 0. The number of aromatic nitrogens is 1. The Morgan fingerprint density at radius 3 is 2.39 bits per heavy atom. The lowest BCUT2D eigenvalue weighted by Crippen LogP contribution is -2.43. The van der Waals surface area contributed by atoms with E-state index in [2.05, 4.69) is 27.8 Å². The molecule has 1 amide bonds. The molecule has 7 nitrogen and oxygen atoms in total. The fourth-order valence-electron chi connectivity index (χ4n) is 3.12. The van der Waals surface area contributed by atoms with E-state index in [0.29, 0.717) is 4.88 Å². The van der Waals surface area contributed by atoms with Crippen LogP contribution in [0.15, 0.2) is 73.1 Å². The number of fused-ring (bicyclic) bond motifs is 1. The number of aliphatic hydroxyl groups excluding tert-OH is 1. The SMILES string of the molecule is O=C(NC(CO)C(=O)O)c1cc2c(Nc3ccc(-c4ccccc4)cc3)cncc2s1. The maximum absolute atomic E-state index is 12.4. The van der Waals surface area contributed by atoms with Crippen LogP contribution in [0.25, 0.3) is 21.2 Å². The highest BCUT2D eigenvalue weighted by Gasteiger charge is 2.21. The number of carboxylic acid groups (broad SMARTS) is 1. The van der Waals surface area contributed by atoms with Crippen LogP contribution < -0.4 is 10.6 Å². The Morgan fingerprint density at radius 1 is 1.00 bits per heavy atom. The van der Waals surface area contributed by atoms with Crippen molar-refractivity contribution in [1.29, 1.82) is 0 Å². The van der Waals surface area contributed by atoms with Crippen molar-refractivity contribution in [1.82, 2.24) is 10.3 Å². The number of benzene rings is 2. The molecule has 31 heavy (non-hydrogen) atoms. The van der Waals surface area contributed by atoms with Crippen molar-refractivity contribution < 1.29 is 19.8 Å². The van der Waals surface area contributed by atoms with Crippen molar-refractivity contribution in [2.45, 2.75) is 6.04 Å². The second kappa shape index (κ2) is 8.95. The van der Waals surface area contributed by atoms with Gasteiger partial charge in [0.25, 0.3) is 5.91 Å². The molecule has 0 bridgehead atoms. The van der Waals surface area contributed by atoms with E-state index in [9.17, 15) is 9.59 Å². The minimum atomic E-state index is -1.35. The van der Waals surface area contributed by atoms with E-state index in [1.54, 1.807) is 18.5 Å². The van der Waals surface area contributed by atoms with Gasteiger partial charge in [-0.3, -0.25) is 9.78 Å². The van der Waals surface area contributed by atoms with Gasteiger partial charge in [-0.25, -0.2) is 4.79 Å². The first-order valence-corrected chi connectivity index (χ1v) is 10.3. The number of hydrogen-bond donors (Lipinski definition) is 4. The number of pyridine rings is 1. The lowest BCUT2D eigenvalue weighted by atomic mass is 10.1. The Morgan fingerprint density at radius 2 is 1.71 bits per heavy atom. The van der Waals surface area contributed by atoms with Gasteiger partial charge in [-0.1, -0.05) is 42.5 Å². The van der Waals surface area contributed by atoms with Crippen LogP contribution in [0, 0.1) is 0 Å². The van der Waals surface area contributed by atoms with Gasteiger partial charge < -0.3 is 20.8 Å². The van der Waals surface area contributed by atoms with Crippen molar-refractivity contribution in [2.24, 2.45) is 0 Å². The average molecular weight is 433 g/mol. The largest absolute Gasteiger partial charge is 0.480 e. The summed E-state index contributed by atoms with van der Waals surface area (Å²) >= 11 is 1.20. The third-order valence-corrected chi connectivity index (χ3v) is 5.80. The first kappa shape index (κ1) is 20.5. The maximum atomic E-state index is 12.4. The predicted octanol–water partition coefficient (Wildman–Crippen LogP) is 3.88. The number of aliphatic carboxylic acids is 1. The number of aliphatic hydroxyl groups is 1. The molecule has 156 valence electrons. The van der Waals surface area contributed by atoms with Crippen LogP contribution in [0.5, 0.6) is 0 Å². The molecule has 4 rings (SSSR count). The zero-order chi connectivity index (χ0) is 21.8. The van der Waals surface area contributed by atoms with Crippen molar-refractivity contribution in [2.75, 3.05) is 11.9 Å². The lowest BCUT2D eigenvalue weighted by Gasteiger charge is -2.10. The molecule has 1 unspecified atom stereocenters. The standard InChI is InChI=1S/C23H19N3O4S/c27-13-19(23(29)30)26-22(28)20-10-17-18(11-24-12-21(17)31-20)25-16-8-6-15(7-9-16)14-4-2-1-3-5-14/h1-12,19,25,27H,13H2,(H,26,28)(H,29,30). The van der Waals surface area contributed by atoms with Gasteiger partial charge in [0.1, 0.15) is 0 Å². The molecule has 2 aromatic carbocycles. The van der Waals surface area contributed by atoms with E-state index in [1.165, 1.54) is 11.3 Å². The monoisotopic (exact) mass is 433 g/mol. The highest BCUT2D eigenvalue weighted by atomic mass is 32.1. The van der Waals surface area contributed by atoms with Gasteiger partial charge in [0.2, 0.25) is 0 Å². The molecule has 0 aliphatic carbocycles. The molecule has 2 heterocycles. The zero-order valence-electron chi connectivity index (χ0n) is 16.3. The molecular formula is C23H19N3O4S. The Balaban J connectivity index is 1.56. The maximum Gasteiger partial charge on any atom is 0.328 e. The normalized spacial score (nSPS) is 11.8. The number of carbonyl (C=O) groups is 2. The van der Waals surface area contributed by atoms with Crippen LogP contribution in [-0.2, 0) is 4.79 Å². The summed E-state index contributed by atoms with van der Waals surface area (Å²) in [6, 6.07) is 18.4. The molecule has 0 aliphatic heterocycles. The lowest BCUT2D eigenvalue weighted by molar-refractivity contribution is -0.140. The van der Waals surface area contributed by atoms with E-state index in [1.807, 2.05) is 42.5 Å². The van der Waals surface area contributed by atoms with Crippen molar-refractivity contribution in [3.8, 4) is 11.1 Å². The number of nitrogens with one attached hydrogen (secondary N) is 2. The molecule has 0 spiro atoms. The van der Waals surface area contributed by atoms with Crippen LogP contribution in [0.2, 0.25) is 0 Å². The topological polar surface area (TPSA) is 112 Å². The number of hydrogen-bond acceptors (Lipinski definition) is 6. The van der Waals surface area contributed by atoms with Gasteiger partial charge in [0, 0.05) is 17.3 Å².